The molecule has 0 bridgehead atoms. The van der Waals surface area contributed by atoms with E-state index in [-0.39, 0.29) is 0 Å². The monoisotopic (exact) mass is 275 g/mol. The van der Waals surface area contributed by atoms with E-state index in [2.05, 4.69) is 29.9 Å². The van der Waals surface area contributed by atoms with Crippen LogP contribution in [0.2, 0.25) is 0 Å². The van der Waals surface area contributed by atoms with Gasteiger partial charge in [-0.05, 0) is 6.26 Å². The molecule has 2 heterocycles. The maximum absolute atomic E-state index is 4.30. The Kier molecular flexibility index (Phi) is 4.35. The number of hydrogen-bond donors (Lipinski definition) is 0. The van der Waals surface area contributed by atoms with E-state index in [1.54, 1.807) is 24.9 Å². The first-order valence-electron chi connectivity index (χ1n) is 5.46. The molecule has 0 saturated heterocycles. The molecular formula is C11H13N7S. The molecule has 0 atom stereocenters. The topological polar surface area (TPSA) is 80.0 Å². The Labute approximate surface area is 115 Å². The number of nitrogens with zero attached hydrogens (tertiary/aromatic N) is 7. The second-order valence-corrected chi connectivity index (χ2v) is 4.52. The SMILES string of the molecule is CSc1nc(N=CN(C)C)nc(-c2cnccn2)n1. The lowest BCUT2D eigenvalue weighted by atomic mass is 10.4. The van der Waals surface area contributed by atoms with Gasteiger partial charge in [-0.1, -0.05) is 11.8 Å². The standard InChI is InChI=1S/C11H13N7S/c1-18(2)7-14-10-15-9(16-11(17-10)19-3)8-6-12-4-5-13-8/h4-7H,1-3H3. The van der Waals surface area contributed by atoms with Gasteiger partial charge in [0.1, 0.15) is 5.69 Å². The molecule has 0 saturated carbocycles. The van der Waals surface area contributed by atoms with Gasteiger partial charge in [0.25, 0.3) is 5.95 Å². The van der Waals surface area contributed by atoms with Crippen molar-refractivity contribution < 1.29 is 0 Å². The van der Waals surface area contributed by atoms with Crippen molar-refractivity contribution in [3.63, 3.8) is 0 Å². The summed E-state index contributed by atoms with van der Waals surface area (Å²) >= 11 is 1.43. The summed E-state index contributed by atoms with van der Waals surface area (Å²) in [6, 6.07) is 0. The van der Waals surface area contributed by atoms with Crippen LogP contribution in [0.4, 0.5) is 5.95 Å². The van der Waals surface area contributed by atoms with E-state index in [1.807, 2.05) is 25.3 Å². The highest BCUT2D eigenvalue weighted by molar-refractivity contribution is 7.98. The molecule has 0 unspecified atom stereocenters. The fourth-order valence-electron chi connectivity index (χ4n) is 1.19. The molecule has 0 radical (unpaired) electrons. The van der Waals surface area contributed by atoms with Crippen molar-refractivity contribution in [2.24, 2.45) is 4.99 Å². The second-order valence-electron chi connectivity index (χ2n) is 3.74. The molecule has 98 valence electrons. The van der Waals surface area contributed by atoms with E-state index in [4.69, 9.17) is 0 Å². The van der Waals surface area contributed by atoms with Crippen LogP contribution >= 0.6 is 11.8 Å². The number of hydrogen-bond acceptors (Lipinski definition) is 7. The minimum Gasteiger partial charge on any atom is -0.369 e. The lowest BCUT2D eigenvalue weighted by molar-refractivity contribution is 0.642. The molecule has 0 aliphatic heterocycles. The maximum Gasteiger partial charge on any atom is 0.255 e. The van der Waals surface area contributed by atoms with Crippen LogP contribution in [-0.4, -0.2) is 56.5 Å². The molecule has 0 aliphatic carbocycles. The minimum absolute atomic E-state index is 0.355. The van der Waals surface area contributed by atoms with Crippen LogP contribution in [0, 0.1) is 0 Å². The number of rotatable bonds is 4. The number of thioether (sulfide) groups is 1. The van der Waals surface area contributed by atoms with Gasteiger partial charge < -0.3 is 4.90 Å². The molecule has 0 fully saturated rings. The highest BCUT2D eigenvalue weighted by Crippen LogP contribution is 2.18. The third-order valence-electron chi connectivity index (χ3n) is 1.98. The summed E-state index contributed by atoms with van der Waals surface area (Å²) in [5, 5.41) is 0.599. The second kappa shape index (κ2) is 6.19. The van der Waals surface area contributed by atoms with Crippen LogP contribution in [0.1, 0.15) is 0 Å². The normalized spacial score (nSPS) is 10.9. The summed E-state index contributed by atoms with van der Waals surface area (Å²) < 4.78 is 0. The predicted molar refractivity (Wildman–Crippen MR) is 74.5 cm³/mol. The van der Waals surface area contributed by atoms with Crippen molar-refractivity contribution in [1.82, 2.24) is 29.8 Å². The molecule has 0 aromatic carbocycles. The van der Waals surface area contributed by atoms with Gasteiger partial charge in [-0.3, -0.25) is 4.98 Å². The van der Waals surface area contributed by atoms with Crippen LogP contribution in [0.25, 0.3) is 11.5 Å². The van der Waals surface area contributed by atoms with E-state index in [0.29, 0.717) is 22.6 Å². The van der Waals surface area contributed by atoms with Crippen molar-refractivity contribution in [1.29, 1.82) is 0 Å². The predicted octanol–water partition coefficient (Wildman–Crippen LogP) is 1.27. The summed E-state index contributed by atoms with van der Waals surface area (Å²) in [7, 11) is 3.76. The first kappa shape index (κ1) is 13.3. The average molecular weight is 275 g/mol. The molecule has 2 rings (SSSR count). The Bertz CT molecular complexity index is 571. The van der Waals surface area contributed by atoms with Crippen LogP contribution in [-0.2, 0) is 0 Å². The van der Waals surface area contributed by atoms with Crippen LogP contribution < -0.4 is 0 Å². The first-order chi connectivity index (χ1) is 9.19. The fraction of sp³-hybridized carbons (Fsp3) is 0.273. The zero-order valence-corrected chi connectivity index (χ0v) is 11.7. The molecule has 2 aromatic rings. The highest BCUT2D eigenvalue weighted by atomic mass is 32.2. The third-order valence-corrected chi connectivity index (χ3v) is 2.53. The van der Waals surface area contributed by atoms with Gasteiger partial charge in [-0.25, -0.2) is 15.0 Å². The van der Waals surface area contributed by atoms with Gasteiger partial charge in [0.05, 0.1) is 12.5 Å². The molecule has 0 amide bonds. The quantitative estimate of drug-likeness (QED) is 0.472. The Morgan fingerprint density at radius 2 is 2.05 bits per heavy atom. The molecule has 0 spiro atoms. The fourth-order valence-corrected chi connectivity index (χ4v) is 1.54. The van der Waals surface area contributed by atoms with Crippen molar-refractivity contribution in [3.8, 4) is 11.5 Å². The summed E-state index contributed by atoms with van der Waals surface area (Å²) in [4.78, 5) is 26.9. The average Bonchev–Trinajstić information content (AvgIpc) is 2.45. The lowest BCUT2D eigenvalue weighted by Crippen LogP contribution is -2.07. The molecule has 8 heteroatoms. The Balaban J connectivity index is 2.42. The van der Waals surface area contributed by atoms with E-state index in [9.17, 15) is 0 Å². The smallest absolute Gasteiger partial charge is 0.255 e. The molecule has 19 heavy (non-hydrogen) atoms. The summed E-state index contributed by atoms with van der Waals surface area (Å²) in [5.74, 6) is 0.826. The van der Waals surface area contributed by atoms with Crippen molar-refractivity contribution in [3.05, 3.63) is 18.6 Å². The van der Waals surface area contributed by atoms with E-state index in [0.717, 1.165) is 0 Å². The molecular weight excluding hydrogens is 262 g/mol. The third kappa shape index (κ3) is 3.68. The summed E-state index contributed by atoms with van der Waals surface area (Å²) in [6.07, 6.45) is 8.35. The Morgan fingerprint density at radius 1 is 1.21 bits per heavy atom. The lowest BCUT2D eigenvalue weighted by Gasteiger charge is -2.04. The minimum atomic E-state index is 0.355. The Morgan fingerprint density at radius 3 is 2.68 bits per heavy atom. The van der Waals surface area contributed by atoms with Gasteiger partial charge in [0.15, 0.2) is 11.0 Å². The number of aromatic nitrogens is 5. The van der Waals surface area contributed by atoms with Crippen LogP contribution in [0.5, 0.6) is 0 Å². The maximum atomic E-state index is 4.30. The van der Waals surface area contributed by atoms with Crippen molar-refractivity contribution in [2.45, 2.75) is 5.16 Å². The van der Waals surface area contributed by atoms with E-state index < -0.39 is 0 Å². The largest absolute Gasteiger partial charge is 0.369 e. The van der Waals surface area contributed by atoms with E-state index >= 15 is 0 Å². The molecule has 2 aromatic heterocycles. The van der Waals surface area contributed by atoms with Gasteiger partial charge >= 0.3 is 0 Å². The van der Waals surface area contributed by atoms with Crippen molar-refractivity contribution >= 4 is 24.0 Å². The van der Waals surface area contributed by atoms with Crippen molar-refractivity contribution in [2.75, 3.05) is 20.4 Å². The Hall–Kier alpha value is -2.09. The van der Waals surface area contributed by atoms with E-state index in [1.165, 1.54) is 11.8 Å². The molecule has 0 N–H and O–H groups in total. The first-order valence-corrected chi connectivity index (χ1v) is 6.68. The zero-order valence-electron chi connectivity index (χ0n) is 10.8. The highest BCUT2D eigenvalue weighted by Gasteiger charge is 2.08. The summed E-state index contributed by atoms with van der Waals surface area (Å²) in [5.41, 5.74) is 0.599. The van der Waals surface area contributed by atoms with Gasteiger partial charge in [0.2, 0.25) is 0 Å². The van der Waals surface area contributed by atoms with Crippen LogP contribution in [0.3, 0.4) is 0 Å². The summed E-state index contributed by atoms with van der Waals surface area (Å²) in [6.45, 7) is 0. The van der Waals surface area contributed by atoms with Gasteiger partial charge in [0, 0.05) is 26.5 Å². The molecule has 7 nitrogen and oxygen atoms in total. The number of aliphatic imine (C=N–C) groups is 1. The van der Waals surface area contributed by atoms with Gasteiger partial charge in [-0.15, -0.1) is 0 Å². The van der Waals surface area contributed by atoms with Gasteiger partial charge in [-0.2, -0.15) is 9.97 Å². The zero-order chi connectivity index (χ0) is 13.7. The van der Waals surface area contributed by atoms with Crippen LogP contribution in [0.15, 0.2) is 28.7 Å². The molecule has 0 aliphatic rings.